The average Bonchev–Trinajstić information content (AvgIpc) is 1.63. The lowest BCUT2D eigenvalue weighted by atomic mass is 10.3. The predicted molar refractivity (Wildman–Crippen MR) is 46.4 cm³/mol. The molecule has 0 rings (SSSR count). The zero-order chi connectivity index (χ0) is 7.33. The zero-order valence-electron chi connectivity index (χ0n) is 6.91. The molecule has 0 aromatic carbocycles. The highest BCUT2D eigenvalue weighted by Crippen LogP contribution is 2.25. The number of nitrogens with one attached hydrogen (secondary N) is 1. The molecule has 0 saturated heterocycles. The van der Waals surface area contributed by atoms with Crippen molar-refractivity contribution in [3.63, 3.8) is 0 Å². The van der Waals surface area contributed by atoms with Crippen molar-refractivity contribution in [1.29, 1.82) is 0 Å². The van der Waals surface area contributed by atoms with Gasteiger partial charge in [-0.1, -0.05) is 27.7 Å². The summed E-state index contributed by atoms with van der Waals surface area (Å²) < 4.78 is 0. The standard InChI is InChI=1S/C7H18NP/c1-5-6-8-9-7(2,3)4/h8-9H,5-6H2,1-4H3. The van der Waals surface area contributed by atoms with E-state index in [1.165, 1.54) is 6.42 Å². The van der Waals surface area contributed by atoms with Gasteiger partial charge in [0.05, 0.1) is 0 Å². The maximum absolute atomic E-state index is 3.40. The summed E-state index contributed by atoms with van der Waals surface area (Å²) in [5.74, 6) is 0. The van der Waals surface area contributed by atoms with Gasteiger partial charge in [0, 0.05) is 0 Å². The van der Waals surface area contributed by atoms with E-state index in [1.54, 1.807) is 0 Å². The first-order chi connectivity index (χ1) is 4.06. The van der Waals surface area contributed by atoms with Gasteiger partial charge in [-0.25, -0.2) is 0 Å². The molecule has 1 atom stereocenters. The van der Waals surface area contributed by atoms with Crippen LogP contribution in [0.15, 0.2) is 0 Å². The molecule has 1 unspecified atom stereocenters. The van der Waals surface area contributed by atoms with E-state index >= 15 is 0 Å². The van der Waals surface area contributed by atoms with Crippen molar-refractivity contribution < 1.29 is 0 Å². The molecular formula is C7H18NP. The van der Waals surface area contributed by atoms with Crippen LogP contribution >= 0.6 is 8.73 Å². The Morgan fingerprint density at radius 2 is 1.89 bits per heavy atom. The van der Waals surface area contributed by atoms with Gasteiger partial charge in [-0.15, -0.1) is 0 Å². The van der Waals surface area contributed by atoms with Gasteiger partial charge in [0.15, 0.2) is 0 Å². The third-order valence-electron chi connectivity index (χ3n) is 0.838. The van der Waals surface area contributed by atoms with E-state index in [-0.39, 0.29) is 0 Å². The van der Waals surface area contributed by atoms with Gasteiger partial charge in [0.2, 0.25) is 0 Å². The van der Waals surface area contributed by atoms with Crippen LogP contribution in [0.5, 0.6) is 0 Å². The second kappa shape index (κ2) is 4.24. The molecule has 0 amide bonds. The highest BCUT2D eigenvalue weighted by Gasteiger charge is 2.07. The van der Waals surface area contributed by atoms with Crippen LogP contribution in [0, 0.1) is 0 Å². The maximum atomic E-state index is 3.40. The molecule has 0 radical (unpaired) electrons. The van der Waals surface area contributed by atoms with Gasteiger partial charge in [0.25, 0.3) is 0 Å². The minimum Gasteiger partial charge on any atom is -0.298 e. The molecule has 0 bridgehead atoms. The van der Waals surface area contributed by atoms with Crippen LogP contribution in [-0.2, 0) is 0 Å². The van der Waals surface area contributed by atoms with E-state index in [9.17, 15) is 0 Å². The predicted octanol–water partition coefficient (Wildman–Crippen LogP) is 2.38. The average molecular weight is 147 g/mol. The quantitative estimate of drug-likeness (QED) is 0.477. The van der Waals surface area contributed by atoms with Gasteiger partial charge in [-0.05, 0) is 26.9 Å². The Labute approximate surface area is 60.4 Å². The third kappa shape index (κ3) is 8.39. The topological polar surface area (TPSA) is 12.0 Å². The Morgan fingerprint density at radius 3 is 2.22 bits per heavy atom. The third-order valence-corrected chi connectivity index (χ3v) is 2.02. The molecule has 0 aliphatic heterocycles. The highest BCUT2D eigenvalue weighted by molar-refractivity contribution is 7.37. The Balaban J connectivity index is 3.07. The Bertz CT molecular complexity index is 65.8. The summed E-state index contributed by atoms with van der Waals surface area (Å²) in [6, 6.07) is 0. The Hall–Kier alpha value is 0.390. The summed E-state index contributed by atoms with van der Waals surface area (Å²) in [4.78, 5) is 0. The van der Waals surface area contributed by atoms with Crippen LogP contribution < -0.4 is 5.09 Å². The second-order valence-corrected chi connectivity index (χ2v) is 5.41. The Morgan fingerprint density at radius 1 is 1.33 bits per heavy atom. The smallest absolute Gasteiger partial charge is 0.00146 e. The fourth-order valence-electron chi connectivity index (χ4n) is 0.453. The van der Waals surface area contributed by atoms with Gasteiger partial charge in [0.1, 0.15) is 0 Å². The number of hydrogen-bond donors (Lipinski definition) is 1. The van der Waals surface area contributed by atoms with Gasteiger partial charge >= 0.3 is 0 Å². The van der Waals surface area contributed by atoms with Crippen LogP contribution in [0.1, 0.15) is 34.1 Å². The van der Waals surface area contributed by atoms with Crippen molar-refractivity contribution in [3.05, 3.63) is 0 Å². The molecule has 0 fully saturated rings. The van der Waals surface area contributed by atoms with E-state index < -0.39 is 0 Å². The molecule has 0 aliphatic rings. The molecule has 0 spiro atoms. The Kier molecular flexibility index (Phi) is 4.43. The molecule has 2 heteroatoms. The lowest BCUT2D eigenvalue weighted by Gasteiger charge is -2.18. The van der Waals surface area contributed by atoms with Crippen molar-refractivity contribution in [2.45, 2.75) is 39.3 Å². The lowest BCUT2D eigenvalue weighted by Crippen LogP contribution is -2.14. The summed E-state index contributed by atoms with van der Waals surface area (Å²) >= 11 is 0. The van der Waals surface area contributed by atoms with E-state index in [4.69, 9.17) is 0 Å². The molecular weight excluding hydrogens is 129 g/mol. The van der Waals surface area contributed by atoms with Crippen molar-refractivity contribution in [1.82, 2.24) is 5.09 Å². The van der Waals surface area contributed by atoms with Gasteiger partial charge < -0.3 is 0 Å². The molecule has 0 aromatic rings. The molecule has 1 N–H and O–H groups in total. The summed E-state index contributed by atoms with van der Waals surface area (Å²) in [6.45, 7) is 10.1. The van der Waals surface area contributed by atoms with Crippen molar-refractivity contribution >= 4 is 8.73 Å². The van der Waals surface area contributed by atoms with Gasteiger partial charge in [-0.2, -0.15) is 0 Å². The van der Waals surface area contributed by atoms with Crippen LogP contribution in [-0.4, -0.2) is 11.7 Å². The molecule has 0 aromatic heterocycles. The van der Waals surface area contributed by atoms with Crippen LogP contribution in [0.25, 0.3) is 0 Å². The number of rotatable bonds is 3. The minimum absolute atomic E-state index is 0.467. The van der Waals surface area contributed by atoms with Crippen LogP contribution in [0.3, 0.4) is 0 Å². The lowest BCUT2D eigenvalue weighted by molar-refractivity contribution is 0.768. The monoisotopic (exact) mass is 147 g/mol. The fraction of sp³-hybridized carbons (Fsp3) is 1.00. The fourth-order valence-corrected chi connectivity index (χ4v) is 1.36. The second-order valence-electron chi connectivity index (χ2n) is 3.30. The summed E-state index contributed by atoms with van der Waals surface area (Å²) in [6.07, 6.45) is 1.24. The van der Waals surface area contributed by atoms with Crippen molar-refractivity contribution in [2.24, 2.45) is 0 Å². The van der Waals surface area contributed by atoms with Crippen LogP contribution in [0.2, 0.25) is 0 Å². The first-order valence-corrected chi connectivity index (χ1v) is 4.56. The highest BCUT2D eigenvalue weighted by atomic mass is 31.1. The molecule has 1 nitrogen and oxygen atoms in total. The summed E-state index contributed by atoms with van der Waals surface area (Å²) in [5, 5.41) is 3.87. The SMILES string of the molecule is CCCNPC(C)(C)C. The summed E-state index contributed by atoms with van der Waals surface area (Å²) in [7, 11) is 0.898. The maximum Gasteiger partial charge on any atom is -0.00146 e. The number of hydrogen-bond acceptors (Lipinski definition) is 1. The van der Waals surface area contributed by atoms with E-state index in [0.29, 0.717) is 5.16 Å². The largest absolute Gasteiger partial charge is 0.298 e. The minimum atomic E-state index is 0.467. The van der Waals surface area contributed by atoms with Gasteiger partial charge in [-0.3, -0.25) is 5.09 Å². The van der Waals surface area contributed by atoms with E-state index in [0.717, 1.165) is 15.3 Å². The molecule has 0 aliphatic carbocycles. The van der Waals surface area contributed by atoms with E-state index in [1.807, 2.05) is 0 Å². The van der Waals surface area contributed by atoms with Crippen molar-refractivity contribution in [3.8, 4) is 0 Å². The van der Waals surface area contributed by atoms with Crippen LogP contribution in [0.4, 0.5) is 0 Å². The zero-order valence-corrected chi connectivity index (χ0v) is 7.91. The molecule has 0 saturated carbocycles. The molecule has 56 valence electrons. The summed E-state index contributed by atoms with van der Waals surface area (Å²) in [5.41, 5.74) is 0. The first kappa shape index (κ1) is 9.39. The van der Waals surface area contributed by atoms with E-state index in [2.05, 4.69) is 32.8 Å². The molecule has 0 heterocycles. The van der Waals surface area contributed by atoms with Crippen molar-refractivity contribution in [2.75, 3.05) is 6.54 Å². The normalized spacial score (nSPS) is 13.3. The molecule has 9 heavy (non-hydrogen) atoms. The first-order valence-electron chi connectivity index (χ1n) is 3.56.